The first-order chi connectivity index (χ1) is 9.70. The molecule has 0 N–H and O–H groups in total. The normalized spacial score (nSPS) is 16.6. The molecule has 1 atom stereocenters. The van der Waals surface area contributed by atoms with E-state index in [2.05, 4.69) is 19.6 Å². The first-order valence-electron chi connectivity index (χ1n) is 6.88. The van der Waals surface area contributed by atoms with Crippen LogP contribution in [-0.2, 0) is 37.5 Å². The van der Waals surface area contributed by atoms with Crippen LogP contribution in [0, 0.1) is 13.8 Å². The molecule has 111 valence electrons. The van der Waals surface area contributed by atoms with Crippen molar-refractivity contribution in [2.45, 2.75) is 32.2 Å². The van der Waals surface area contributed by atoms with E-state index in [9.17, 15) is 4.79 Å². The molecular weight excluding hydrogens is 359 g/mol. The van der Waals surface area contributed by atoms with Crippen molar-refractivity contribution in [2.75, 3.05) is 13.2 Å². The van der Waals surface area contributed by atoms with Crippen LogP contribution in [0.2, 0.25) is 0 Å². The SMILES string of the molecule is [CH2-]CCC=C=CCN1C(=O)C[C@@H]1COc1ccc(C)s1.[Y]. The molecule has 0 bridgehead atoms. The number of hydrogen-bond acceptors (Lipinski definition) is 3. The van der Waals surface area contributed by atoms with Gasteiger partial charge in [0.15, 0.2) is 5.06 Å². The summed E-state index contributed by atoms with van der Waals surface area (Å²) in [5.74, 6) is 0.191. The summed E-state index contributed by atoms with van der Waals surface area (Å²) in [6.45, 7) is 7.00. The molecule has 1 radical (unpaired) electrons. The zero-order valence-corrected chi connectivity index (χ0v) is 16.0. The van der Waals surface area contributed by atoms with Crippen molar-refractivity contribution in [1.82, 2.24) is 4.90 Å². The van der Waals surface area contributed by atoms with Crippen molar-refractivity contribution in [3.8, 4) is 5.06 Å². The van der Waals surface area contributed by atoms with Crippen molar-refractivity contribution in [3.05, 3.63) is 41.8 Å². The fourth-order valence-corrected chi connectivity index (χ4v) is 2.72. The van der Waals surface area contributed by atoms with Crippen LogP contribution in [0.1, 0.15) is 24.1 Å². The number of hydrogen-bond donors (Lipinski definition) is 0. The molecule has 5 heteroatoms. The van der Waals surface area contributed by atoms with Gasteiger partial charge in [0, 0.05) is 44.1 Å². The third kappa shape index (κ3) is 5.71. The quantitative estimate of drug-likeness (QED) is 0.413. The second-order valence-corrected chi connectivity index (χ2v) is 6.05. The summed E-state index contributed by atoms with van der Waals surface area (Å²) in [7, 11) is 0. The predicted molar refractivity (Wildman–Crippen MR) is 81.9 cm³/mol. The van der Waals surface area contributed by atoms with Gasteiger partial charge in [-0.25, -0.2) is 0 Å². The Kier molecular flexibility index (Phi) is 8.50. The molecule has 2 rings (SSSR count). The van der Waals surface area contributed by atoms with Crippen LogP contribution in [0.4, 0.5) is 0 Å². The van der Waals surface area contributed by atoms with Crippen LogP contribution in [0.25, 0.3) is 0 Å². The van der Waals surface area contributed by atoms with E-state index >= 15 is 0 Å². The van der Waals surface area contributed by atoms with Gasteiger partial charge < -0.3 is 16.6 Å². The Balaban J connectivity index is 0.00000220. The molecule has 21 heavy (non-hydrogen) atoms. The Hall–Kier alpha value is -0.406. The van der Waals surface area contributed by atoms with Gasteiger partial charge in [-0.05, 0) is 31.2 Å². The number of amides is 1. The summed E-state index contributed by atoms with van der Waals surface area (Å²) >= 11 is 1.64. The maximum atomic E-state index is 11.6. The van der Waals surface area contributed by atoms with Gasteiger partial charge in [0.1, 0.15) is 6.61 Å². The minimum atomic E-state index is 0. The summed E-state index contributed by atoms with van der Waals surface area (Å²) in [6, 6.07) is 4.21. The topological polar surface area (TPSA) is 29.5 Å². The number of rotatable bonds is 7. The number of ether oxygens (including phenoxy) is 1. The van der Waals surface area contributed by atoms with Crippen molar-refractivity contribution in [1.29, 1.82) is 0 Å². The number of thiophene rings is 1. The van der Waals surface area contributed by atoms with E-state index in [0.29, 0.717) is 19.6 Å². The van der Waals surface area contributed by atoms with E-state index < -0.39 is 0 Å². The van der Waals surface area contributed by atoms with Gasteiger partial charge in [0.2, 0.25) is 5.91 Å². The molecule has 1 aromatic heterocycles. The number of carbonyl (C=O) groups excluding carboxylic acids is 1. The molecule has 0 aromatic carbocycles. The fraction of sp³-hybridized carbons (Fsp3) is 0.438. The average molecular weight is 379 g/mol. The van der Waals surface area contributed by atoms with Crippen LogP contribution in [0.3, 0.4) is 0 Å². The summed E-state index contributed by atoms with van der Waals surface area (Å²) in [4.78, 5) is 14.7. The minimum Gasteiger partial charge on any atom is -0.482 e. The van der Waals surface area contributed by atoms with E-state index in [1.807, 2.05) is 29.2 Å². The van der Waals surface area contributed by atoms with Gasteiger partial charge in [-0.2, -0.15) is 6.42 Å². The Labute approximate surface area is 155 Å². The van der Waals surface area contributed by atoms with Gasteiger partial charge in [-0.1, -0.05) is 6.42 Å². The molecule has 2 heterocycles. The average Bonchev–Trinajstić information content (AvgIpc) is 2.84. The van der Waals surface area contributed by atoms with E-state index in [-0.39, 0.29) is 44.7 Å². The van der Waals surface area contributed by atoms with Gasteiger partial charge in [0.05, 0.1) is 12.5 Å². The molecule has 1 aliphatic heterocycles. The van der Waals surface area contributed by atoms with Gasteiger partial charge in [0.25, 0.3) is 0 Å². The van der Waals surface area contributed by atoms with Gasteiger partial charge in [-0.3, -0.25) is 4.79 Å². The van der Waals surface area contributed by atoms with Crippen molar-refractivity contribution in [3.63, 3.8) is 0 Å². The number of β-lactam (4-membered cyclic amide) rings is 1. The maximum Gasteiger partial charge on any atom is 0.225 e. The Morgan fingerprint density at radius 2 is 2.33 bits per heavy atom. The second kappa shape index (κ2) is 9.58. The summed E-state index contributed by atoms with van der Waals surface area (Å²) in [5.41, 5.74) is 3.08. The summed E-state index contributed by atoms with van der Waals surface area (Å²) < 4.78 is 5.73. The van der Waals surface area contributed by atoms with Crippen LogP contribution in [-0.4, -0.2) is 30.0 Å². The van der Waals surface area contributed by atoms with E-state index in [0.717, 1.165) is 17.9 Å². The molecule has 1 amide bonds. The third-order valence-corrected chi connectivity index (χ3v) is 4.09. The fourth-order valence-electron chi connectivity index (χ4n) is 2.01. The number of carbonyl (C=O) groups is 1. The number of likely N-dealkylation sites (tertiary alicyclic amines) is 1. The first-order valence-corrected chi connectivity index (χ1v) is 7.69. The van der Waals surface area contributed by atoms with Crippen molar-refractivity contribution < 1.29 is 42.2 Å². The molecular formula is C16H20NO2SY-. The molecule has 3 nitrogen and oxygen atoms in total. The minimum absolute atomic E-state index is 0. The van der Waals surface area contributed by atoms with Crippen LogP contribution in [0.15, 0.2) is 30.0 Å². The molecule has 1 aromatic rings. The first kappa shape index (κ1) is 18.6. The summed E-state index contributed by atoms with van der Waals surface area (Å²) in [5, 5.41) is 0.924. The molecule has 1 saturated heterocycles. The Morgan fingerprint density at radius 1 is 1.52 bits per heavy atom. The maximum absolute atomic E-state index is 11.6. The molecule has 1 aliphatic rings. The van der Waals surface area contributed by atoms with Crippen LogP contribution < -0.4 is 4.74 Å². The molecule has 0 saturated carbocycles. The smallest absolute Gasteiger partial charge is 0.225 e. The van der Waals surface area contributed by atoms with Crippen molar-refractivity contribution >= 4 is 17.2 Å². The Morgan fingerprint density at radius 3 is 2.95 bits per heavy atom. The third-order valence-electron chi connectivity index (χ3n) is 3.18. The zero-order chi connectivity index (χ0) is 14.4. The number of unbranched alkanes of at least 4 members (excludes halogenated alkanes) is 1. The van der Waals surface area contributed by atoms with E-state index in [1.165, 1.54) is 4.88 Å². The number of aryl methyl sites for hydroxylation is 1. The monoisotopic (exact) mass is 379 g/mol. The molecule has 1 fully saturated rings. The largest absolute Gasteiger partial charge is 0.482 e. The van der Waals surface area contributed by atoms with Crippen molar-refractivity contribution in [2.24, 2.45) is 0 Å². The Bertz CT molecular complexity index is 520. The standard InChI is InChI=1S/C16H20NO2S.Y/c1-3-4-5-6-7-10-17-14(11-15(17)18)12-19-16-9-8-13(2)20-16;/h5,7-9,14H,1,3-4,10-12H2,2H3;/q-1;/t6?,14-;/m1./s1. The van der Waals surface area contributed by atoms with Gasteiger partial charge in [-0.15, -0.1) is 17.1 Å². The zero-order valence-electron chi connectivity index (χ0n) is 12.4. The molecule has 0 spiro atoms. The van der Waals surface area contributed by atoms with E-state index in [1.54, 1.807) is 11.3 Å². The second-order valence-electron chi connectivity index (χ2n) is 4.80. The summed E-state index contributed by atoms with van der Waals surface area (Å²) in [6.07, 6.45) is 6.24. The molecule has 0 aliphatic carbocycles. The van der Waals surface area contributed by atoms with Gasteiger partial charge >= 0.3 is 0 Å². The van der Waals surface area contributed by atoms with Crippen LogP contribution in [0.5, 0.6) is 5.06 Å². The molecule has 0 unspecified atom stereocenters. The number of nitrogens with zero attached hydrogens (tertiary/aromatic N) is 1. The predicted octanol–water partition coefficient (Wildman–Crippen LogP) is 3.36. The van der Waals surface area contributed by atoms with E-state index in [4.69, 9.17) is 4.74 Å². The van der Waals surface area contributed by atoms with Crippen LogP contribution >= 0.6 is 11.3 Å².